The molecule has 0 spiro atoms. The lowest BCUT2D eigenvalue weighted by Crippen LogP contribution is -1.99. The number of pyridine rings is 4. The van der Waals surface area contributed by atoms with Crippen molar-refractivity contribution in [3.05, 3.63) is 399 Å². The molecule has 22 aromatic rings. The number of hydrogen-bond donors (Lipinski definition) is 0. The summed E-state index contributed by atoms with van der Waals surface area (Å²) >= 11 is 3.74. The van der Waals surface area contributed by atoms with E-state index < -0.39 is 0 Å². The number of hydrogen-bond acceptors (Lipinski definition) is 7. The Labute approximate surface area is 658 Å². The van der Waals surface area contributed by atoms with Crippen LogP contribution in [-0.2, 0) is 0 Å². The van der Waals surface area contributed by atoms with Crippen molar-refractivity contribution in [2.45, 2.75) is 34.6 Å². The molecule has 13 aromatic carbocycles. The van der Waals surface area contributed by atoms with Gasteiger partial charge in [0.05, 0.1) is 33.5 Å². The summed E-state index contributed by atoms with van der Waals surface area (Å²) in [4.78, 5) is 18.3. The standard InChI is InChI=1S/2C24H18N2.C19H14S.C18H13NO.C18H13NS/c1-17-14-19(18-10-12-25-13-11-18)16-20(15-17)26-23-8-4-2-6-21(23)22-7-3-5-9-24(22)26;1-17-15-19(18-9-3-2-4-10-18)16-24(25-17)26-22-13-7-5-11-20(22)21-12-6-8-14-23(21)26;1-13-6-4-7-14(12-13)15-9-5-10-17-16-8-2-3-11-18(16)20-19(15)17;2*1-12-6-4-10-16(19-12)15-9-5-8-14-13-7-2-3-11-17(13)20-18(14)15/h2*2-16H,1H3;2-12H,1H3;2*2-11H,1H3. The van der Waals surface area contributed by atoms with Crippen LogP contribution < -0.4 is 0 Å². The third-order valence-corrected chi connectivity index (χ3v) is 23.1. The zero-order chi connectivity index (χ0) is 75.6. The Morgan fingerprint density at radius 1 is 0.268 bits per heavy atom. The van der Waals surface area contributed by atoms with Gasteiger partial charge in [-0.3, -0.25) is 19.5 Å². The molecular formula is C103H76N6OS2. The molecule has 9 heteroatoms. The smallest absolute Gasteiger partial charge is 0.144 e. The summed E-state index contributed by atoms with van der Waals surface area (Å²) in [5.74, 6) is 0.959. The van der Waals surface area contributed by atoms with Gasteiger partial charge < -0.3 is 8.98 Å². The Morgan fingerprint density at radius 2 is 0.705 bits per heavy atom. The van der Waals surface area contributed by atoms with E-state index in [1.54, 1.807) is 0 Å². The number of rotatable bonds is 7. The number of aromatic nitrogens is 6. The van der Waals surface area contributed by atoms with Crippen LogP contribution >= 0.6 is 22.7 Å². The summed E-state index contributed by atoms with van der Waals surface area (Å²) < 4.78 is 16.1. The lowest BCUT2D eigenvalue weighted by atomic mass is 10.0. The van der Waals surface area contributed by atoms with Crippen LogP contribution in [0.5, 0.6) is 0 Å². The van der Waals surface area contributed by atoms with Gasteiger partial charge in [-0.05, 0) is 183 Å². The fourth-order valence-corrected chi connectivity index (χ4v) is 18.1. The van der Waals surface area contributed by atoms with E-state index in [1.807, 2.05) is 97.4 Å². The van der Waals surface area contributed by atoms with Gasteiger partial charge in [-0.15, -0.1) is 22.7 Å². The van der Waals surface area contributed by atoms with E-state index in [4.69, 9.17) is 9.40 Å². The first-order chi connectivity index (χ1) is 55.1. The van der Waals surface area contributed by atoms with Crippen molar-refractivity contribution in [1.29, 1.82) is 0 Å². The summed E-state index contributed by atoms with van der Waals surface area (Å²) in [7, 11) is 0. The zero-order valence-electron chi connectivity index (χ0n) is 62.6. The molecule has 0 aliphatic heterocycles. The average Bonchev–Trinajstić information content (AvgIpc) is 1.60. The number of benzene rings is 13. The topological polar surface area (TPSA) is 74.6 Å². The fourth-order valence-electron chi connectivity index (χ4n) is 15.6. The highest BCUT2D eigenvalue weighted by atomic mass is 32.1. The van der Waals surface area contributed by atoms with E-state index in [9.17, 15) is 0 Å². The van der Waals surface area contributed by atoms with Crippen LogP contribution in [0.2, 0.25) is 0 Å². The molecule has 7 nitrogen and oxygen atoms in total. The van der Waals surface area contributed by atoms with Gasteiger partial charge in [-0.2, -0.15) is 0 Å². The molecule has 0 amide bonds. The zero-order valence-corrected chi connectivity index (χ0v) is 64.3. The highest BCUT2D eigenvalue weighted by Gasteiger charge is 2.18. The lowest BCUT2D eigenvalue weighted by Gasteiger charge is -2.12. The van der Waals surface area contributed by atoms with Crippen molar-refractivity contribution in [1.82, 2.24) is 29.1 Å². The minimum atomic E-state index is 0.909. The Morgan fingerprint density at radius 3 is 1.29 bits per heavy atom. The minimum Gasteiger partial charge on any atom is -0.455 e. The van der Waals surface area contributed by atoms with Crippen LogP contribution in [0, 0.1) is 34.6 Å². The van der Waals surface area contributed by atoms with Gasteiger partial charge in [0.15, 0.2) is 0 Å². The fraction of sp³-hybridized carbons (Fsp3) is 0.0485. The highest BCUT2D eigenvalue weighted by Crippen LogP contribution is 2.43. The van der Waals surface area contributed by atoms with Gasteiger partial charge >= 0.3 is 0 Å². The Hall–Kier alpha value is -13.7. The molecule has 536 valence electrons. The van der Waals surface area contributed by atoms with E-state index in [1.165, 1.54) is 140 Å². The predicted octanol–water partition coefficient (Wildman–Crippen LogP) is 28.7. The molecule has 9 heterocycles. The predicted molar refractivity (Wildman–Crippen MR) is 476 cm³/mol. The lowest BCUT2D eigenvalue weighted by molar-refractivity contribution is 0.670. The monoisotopic (exact) mass is 1480 g/mol. The Kier molecular flexibility index (Phi) is 19.2. The number of thiophene rings is 2. The molecule has 0 N–H and O–H groups in total. The van der Waals surface area contributed by atoms with E-state index in [0.717, 1.165) is 61.8 Å². The molecule has 0 saturated heterocycles. The second-order valence-corrected chi connectivity index (χ2v) is 30.4. The molecule has 9 aromatic heterocycles. The van der Waals surface area contributed by atoms with Crippen LogP contribution in [0.25, 0.3) is 173 Å². The van der Waals surface area contributed by atoms with Gasteiger partial charge in [-0.25, -0.2) is 4.98 Å². The summed E-state index contributed by atoms with van der Waals surface area (Å²) in [6.07, 6.45) is 3.69. The van der Waals surface area contributed by atoms with Crippen molar-refractivity contribution in [2.75, 3.05) is 0 Å². The van der Waals surface area contributed by atoms with Gasteiger partial charge in [0.2, 0.25) is 0 Å². The summed E-state index contributed by atoms with van der Waals surface area (Å²) in [6, 6.07) is 126. The summed E-state index contributed by atoms with van der Waals surface area (Å²) in [5, 5.41) is 12.8. The second-order valence-electron chi connectivity index (χ2n) is 28.3. The maximum absolute atomic E-state index is 6.04. The van der Waals surface area contributed by atoms with E-state index in [-0.39, 0.29) is 0 Å². The van der Waals surface area contributed by atoms with Crippen LogP contribution in [0.4, 0.5) is 0 Å². The largest absolute Gasteiger partial charge is 0.455 e. The van der Waals surface area contributed by atoms with Crippen LogP contribution in [-0.4, -0.2) is 29.1 Å². The van der Waals surface area contributed by atoms with Crippen molar-refractivity contribution in [3.8, 4) is 67.4 Å². The first-order valence-corrected chi connectivity index (χ1v) is 39.4. The van der Waals surface area contributed by atoms with Crippen molar-refractivity contribution < 1.29 is 4.42 Å². The first-order valence-electron chi connectivity index (χ1n) is 37.8. The molecule has 22 rings (SSSR count). The highest BCUT2D eigenvalue weighted by molar-refractivity contribution is 7.26. The van der Waals surface area contributed by atoms with Gasteiger partial charge in [-0.1, -0.05) is 254 Å². The first kappa shape index (κ1) is 70.0. The maximum atomic E-state index is 6.04. The number of furan rings is 1. The second kappa shape index (κ2) is 30.8. The van der Waals surface area contributed by atoms with Crippen LogP contribution in [0.1, 0.15) is 28.2 Å². The molecule has 0 fully saturated rings. The number of nitrogens with zero attached hydrogens (tertiary/aromatic N) is 6. The molecule has 0 aliphatic carbocycles. The SMILES string of the molecule is Cc1cc(-c2ccccc2)cc(-n2c3ccccc3c3ccccc32)n1.Cc1cc(-c2ccncc2)cc(-n2c3ccccc3c3ccccc32)c1.Cc1cccc(-c2cccc3c2oc2ccccc23)n1.Cc1cccc(-c2cccc3c2sc2ccccc23)c1.Cc1cccc(-c2cccc3c2sc2ccccc23)n1. The van der Waals surface area contributed by atoms with E-state index in [2.05, 4.69) is 354 Å². The van der Waals surface area contributed by atoms with E-state index >= 15 is 0 Å². The van der Waals surface area contributed by atoms with Gasteiger partial charge in [0.25, 0.3) is 0 Å². The number of fused-ring (bicyclic) bond motifs is 15. The molecule has 0 unspecified atom stereocenters. The van der Waals surface area contributed by atoms with Crippen LogP contribution in [0.15, 0.2) is 375 Å². The number of para-hydroxylation sites is 6. The molecule has 0 radical (unpaired) electrons. The normalized spacial score (nSPS) is 11.3. The van der Waals surface area contributed by atoms with Crippen molar-refractivity contribution >= 4 is 129 Å². The summed E-state index contributed by atoms with van der Waals surface area (Å²) in [5.41, 5.74) is 25.2. The summed E-state index contributed by atoms with van der Waals surface area (Å²) in [6.45, 7) is 10.4. The third kappa shape index (κ3) is 13.8. The quantitative estimate of drug-likeness (QED) is 0.159. The Bertz CT molecular complexity index is 6550. The van der Waals surface area contributed by atoms with Gasteiger partial charge in [0, 0.05) is 119 Å². The molecule has 0 saturated carbocycles. The molecule has 0 bridgehead atoms. The van der Waals surface area contributed by atoms with Crippen molar-refractivity contribution in [3.63, 3.8) is 0 Å². The number of aryl methyl sites for hydroxylation is 5. The van der Waals surface area contributed by atoms with Crippen LogP contribution in [0.3, 0.4) is 0 Å². The van der Waals surface area contributed by atoms with E-state index in [0.29, 0.717) is 0 Å². The molecular weight excluding hydrogens is 1400 g/mol. The molecule has 0 aliphatic rings. The average molecular weight is 1480 g/mol. The minimum absolute atomic E-state index is 0.909. The molecule has 0 atom stereocenters. The van der Waals surface area contributed by atoms with Crippen molar-refractivity contribution in [2.24, 2.45) is 0 Å². The van der Waals surface area contributed by atoms with Gasteiger partial charge in [0.1, 0.15) is 17.0 Å². The Balaban J connectivity index is 0.0000000983. The third-order valence-electron chi connectivity index (χ3n) is 20.6. The maximum Gasteiger partial charge on any atom is 0.144 e. The molecule has 112 heavy (non-hydrogen) atoms.